The lowest BCUT2D eigenvalue weighted by molar-refractivity contribution is -0.120. The Morgan fingerprint density at radius 3 is 2.42 bits per heavy atom. The van der Waals surface area contributed by atoms with Crippen LogP contribution >= 0.6 is 31.9 Å². The molecule has 0 fully saturated rings. The van der Waals surface area contributed by atoms with Crippen molar-refractivity contribution in [1.29, 1.82) is 0 Å². The Morgan fingerprint density at radius 1 is 0.958 bits per heavy atom. The SMILES string of the molecule is O=C(Cc1ccc(Br)c2ccccc12)N/N=C\c1ccc(Br)cc1. The smallest absolute Gasteiger partial charge is 0.244 e. The molecule has 3 nitrogen and oxygen atoms in total. The number of hydrogen-bond donors (Lipinski definition) is 1. The number of nitrogens with zero attached hydrogens (tertiary/aromatic N) is 1. The minimum Gasteiger partial charge on any atom is -0.273 e. The molecule has 0 aromatic heterocycles. The summed E-state index contributed by atoms with van der Waals surface area (Å²) in [6.07, 6.45) is 1.91. The highest BCUT2D eigenvalue weighted by atomic mass is 79.9. The lowest BCUT2D eigenvalue weighted by Gasteiger charge is -2.07. The van der Waals surface area contributed by atoms with Gasteiger partial charge < -0.3 is 0 Å². The molecule has 5 heteroatoms. The normalized spacial score (nSPS) is 11.1. The third-order valence-electron chi connectivity index (χ3n) is 3.59. The molecule has 3 aromatic rings. The van der Waals surface area contributed by atoms with Crippen molar-refractivity contribution in [1.82, 2.24) is 5.43 Å². The molecule has 0 atom stereocenters. The first-order chi connectivity index (χ1) is 11.6. The molecule has 1 amide bonds. The number of rotatable bonds is 4. The fourth-order valence-corrected chi connectivity index (χ4v) is 3.16. The van der Waals surface area contributed by atoms with Gasteiger partial charge >= 0.3 is 0 Å². The molecule has 1 N–H and O–H groups in total. The van der Waals surface area contributed by atoms with Gasteiger partial charge in [-0.05, 0) is 40.1 Å². The number of fused-ring (bicyclic) bond motifs is 1. The van der Waals surface area contributed by atoms with Crippen molar-refractivity contribution >= 4 is 54.8 Å². The molecule has 24 heavy (non-hydrogen) atoms. The van der Waals surface area contributed by atoms with E-state index in [1.807, 2.05) is 60.7 Å². The van der Waals surface area contributed by atoms with Crippen LogP contribution in [0.15, 0.2) is 74.7 Å². The fraction of sp³-hybridized carbons (Fsp3) is 0.0526. The first-order valence-corrected chi connectivity index (χ1v) is 8.96. The largest absolute Gasteiger partial charge is 0.273 e. The minimum atomic E-state index is -0.143. The Hall–Kier alpha value is -1.98. The molecular weight excluding hydrogens is 432 g/mol. The van der Waals surface area contributed by atoms with Gasteiger partial charge in [-0.3, -0.25) is 4.79 Å². The van der Waals surface area contributed by atoms with Gasteiger partial charge in [0.2, 0.25) is 5.91 Å². The highest BCUT2D eigenvalue weighted by Gasteiger charge is 2.08. The first-order valence-electron chi connectivity index (χ1n) is 7.37. The molecule has 0 bridgehead atoms. The highest BCUT2D eigenvalue weighted by Crippen LogP contribution is 2.27. The maximum absolute atomic E-state index is 12.1. The molecule has 120 valence electrons. The van der Waals surface area contributed by atoms with Crippen molar-refractivity contribution in [3.8, 4) is 0 Å². The van der Waals surface area contributed by atoms with Crippen LogP contribution in [-0.2, 0) is 11.2 Å². The summed E-state index contributed by atoms with van der Waals surface area (Å²) < 4.78 is 2.03. The number of nitrogens with one attached hydrogen (secondary N) is 1. The predicted octanol–water partition coefficient (Wildman–Crippen LogP) is 5.06. The third kappa shape index (κ3) is 4.10. The Balaban J connectivity index is 1.69. The molecule has 0 aliphatic carbocycles. The van der Waals surface area contributed by atoms with Gasteiger partial charge in [0.1, 0.15) is 0 Å². The number of carbonyl (C=O) groups excluding carboxylic acids is 1. The van der Waals surface area contributed by atoms with E-state index in [4.69, 9.17) is 0 Å². The molecule has 0 saturated heterocycles. The van der Waals surface area contributed by atoms with Crippen LogP contribution in [0, 0.1) is 0 Å². The molecule has 3 rings (SSSR count). The van der Waals surface area contributed by atoms with Crippen LogP contribution in [0.4, 0.5) is 0 Å². The Bertz CT molecular complexity index is 905. The van der Waals surface area contributed by atoms with Gasteiger partial charge in [0, 0.05) is 8.95 Å². The quantitative estimate of drug-likeness (QED) is 0.442. The van der Waals surface area contributed by atoms with Gasteiger partial charge in [-0.2, -0.15) is 5.10 Å². The summed E-state index contributed by atoms with van der Waals surface area (Å²) in [5.41, 5.74) is 4.48. The molecular formula is C19H14Br2N2O. The molecule has 0 heterocycles. The third-order valence-corrected chi connectivity index (χ3v) is 4.81. The lowest BCUT2D eigenvalue weighted by atomic mass is 10.0. The van der Waals surface area contributed by atoms with Gasteiger partial charge in [-0.1, -0.05) is 74.3 Å². The van der Waals surface area contributed by atoms with Crippen molar-refractivity contribution < 1.29 is 4.79 Å². The van der Waals surface area contributed by atoms with Crippen LogP contribution < -0.4 is 5.43 Å². The zero-order valence-corrected chi connectivity index (χ0v) is 15.8. The Morgan fingerprint density at radius 2 is 1.67 bits per heavy atom. The highest BCUT2D eigenvalue weighted by molar-refractivity contribution is 9.11. The molecule has 0 unspecified atom stereocenters. The molecule has 0 aliphatic heterocycles. The second-order valence-corrected chi connectivity index (χ2v) is 7.04. The summed E-state index contributed by atoms with van der Waals surface area (Å²) in [5.74, 6) is -0.143. The van der Waals surface area contributed by atoms with E-state index < -0.39 is 0 Å². The van der Waals surface area contributed by atoms with Gasteiger partial charge in [0.25, 0.3) is 0 Å². The van der Waals surface area contributed by atoms with E-state index in [2.05, 4.69) is 42.4 Å². The summed E-state index contributed by atoms with van der Waals surface area (Å²) in [4.78, 5) is 12.1. The lowest BCUT2D eigenvalue weighted by Crippen LogP contribution is -2.19. The fourth-order valence-electron chi connectivity index (χ4n) is 2.42. The van der Waals surface area contributed by atoms with E-state index in [9.17, 15) is 4.79 Å². The maximum atomic E-state index is 12.1. The average Bonchev–Trinajstić information content (AvgIpc) is 2.59. The number of hydrogen-bond acceptors (Lipinski definition) is 2. The Labute approximate surface area is 157 Å². The summed E-state index contributed by atoms with van der Waals surface area (Å²) in [7, 11) is 0. The number of halogens is 2. The van der Waals surface area contributed by atoms with Gasteiger partial charge in [-0.25, -0.2) is 5.43 Å². The number of hydrazone groups is 1. The Kier molecular flexibility index (Phi) is 5.43. The molecule has 0 aliphatic rings. The van der Waals surface area contributed by atoms with E-state index in [1.54, 1.807) is 6.21 Å². The van der Waals surface area contributed by atoms with Crippen LogP contribution in [0.3, 0.4) is 0 Å². The summed E-state index contributed by atoms with van der Waals surface area (Å²) in [6, 6.07) is 19.6. The second-order valence-electron chi connectivity index (χ2n) is 5.27. The zero-order chi connectivity index (χ0) is 16.9. The van der Waals surface area contributed by atoms with Crippen molar-refractivity contribution in [3.63, 3.8) is 0 Å². The number of benzene rings is 3. The summed E-state index contributed by atoms with van der Waals surface area (Å²) >= 11 is 6.92. The monoisotopic (exact) mass is 444 g/mol. The zero-order valence-electron chi connectivity index (χ0n) is 12.7. The van der Waals surface area contributed by atoms with Crippen LogP contribution in [-0.4, -0.2) is 12.1 Å². The van der Waals surface area contributed by atoms with E-state index >= 15 is 0 Å². The van der Waals surface area contributed by atoms with Crippen LogP contribution in [0.5, 0.6) is 0 Å². The molecule has 0 radical (unpaired) electrons. The van der Waals surface area contributed by atoms with Crippen molar-refractivity contribution in [2.24, 2.45) is 5.10 Å². The van der Waals surface area contributed by atoms with Gasteiger partial charge in [-0.15, -0.1) is 0 Å². The summed E-state index contributed by atoms with van der Waals surface area (Å²) in [6.45, 7) is 0. The molecule has 0 saturated carbocycles. The van der Waals surface area contributed by atoms with Crippen molar-refractivity contribution in [2.45, 2.75) is 6.42 Å². The number of carbonyl (C=O) groups is 1. The molecule has 3 aromatic carbocycles. The minimum absolute atomic E-state index is 0.143. The van der Waals surface area contributed by atoms with Crippen LogP contribution in [0.1, 0.15) is 11.1 Å². The van der Waals surface area contributed by atoms with Crippen molar-refractivity contribution in [2.75, 3.05) is 0 Å². The van der Waals surface area contributed by atoms with Gasteiger partial charge in [0.05, 0.1) is 12.6 Å². The first kappa shape index (κ1) is 16.9. The standard InChI is InChI=1S/C19H14Br2N2O/c20-15-8-5-13(6-9-15)12-22-23-19(24)11-14-7-10-18(21)17-4-2-1-3-16(14)17/h1-10,12H,11H2,(H,23,24)/b22-12-. The molecule has 0 spiro atoms. The summed E-state index contributed by atoms with van der Waals surface area (Å²) in [5, 5.41) is 6.18. The van der Waals surface area contributed by atoms with Crippen LogP contribution in [0.25, 0.3) is 10.8 Å². The van der Waals surface area contributed by atoms with Crippen LogP contribution in [0.2, 0.25) is 0 Å². The topological polar surface area (TPSA) is 41.5 Å². The predicted molar refractivity (Wildman–Crippen MR) is 105 cm³/mol. The maximum Gasteiger partial charge on any atom is 0.244 e. The average molecular weight is 446 g/mol. The van der Waals surface area contributed by atoms with Gasteiger partial charge in [0.15, 0.2) is 0 Å². The van der Waals surface area contributed by atoms with E-state index in [0.717, 1.165) is 30.8 Å². The van der Waals surface area contributed by atoms with E-state index in [-0.39, 0.29) is 12.3 Å². The second kappa shape index (κ2) is 7.73. The number of amides is 1. The van der Waals surface area contributed by atoms with E-state index in [1.165, 1.54) is 0 Å². The van der Waals surface area contributed by atoms with E-state index in [0.29, 0.717) is 0 Å². The van der Waals surface area contributed by atoms with Crippen molar-refractivity contribution in [3.05, 3.63) is 80.7 Å².